The lowest BCUT2D eigenvalue weighted by Gasteiger charge is -2.11. The van der Waals surface area contributed by atoms with Gasteiger partial charge in [0.15, 0.2) is 5.15 Å². The number of hydrogen-bond donors (Lipinski definition) is 1. The number of carbonyl (C=O) groups is 1. The van der Waals surface area contributed by atoms with Gasteiger partial charge in [-0.25, -0.2) is 22.2 Å². The van der Waals surface area contributed by atoms with Crippen LogP contribution >= 0.6 is 34.8 Å². The summed E-state index contributed by atoms with van der Waals surface area (Å²) in [5.74, 6) is -2.10. The molecular weight excluding hydrogens is 512 g/mol. The summed E-state index contributed by atoms with van der Waals surface area (Å²) in [7, 11) is -3.87. The lowest BCUT2D eigenvalue weighted by Crippen LogP contribution is -2.30. The number of hydrogen-bond acceptors (Lipinski definition) is 4. The molecule has 1 heterocycles. The first-order valence-electron chi connectivity index (χ1n) is 9.41. The predicted molar refractivity (Wildman–Crippen MR) is 129 cm³/mol. The number of nitrogens with zero attached hydrogens (tertiary/aromatic N) is 2. The van der Waals surface area contributed by atoms with Crippen LogP contribution in [-0.2, 0) is 10.0 Å². The monoisotopic (exact) mass is 525 g/mol. The Morgan fingerprint density at radius 3 is 2.45 bits per heavy atom. The van der Waals surface area contributed by atoms with E-state index in [0.29, 0.717) is 15.9 Å². The summed E-state index contributed by atoms with van der Waals surface area (Å²) >= 11 is 18.7. The first kappa shape index (κ1) is 23.5. The van der Waals surface area contributed by atoms with Crippen LogP contribution in [-0.4, -0.2) is 30.4 Å². The summed E-state index contributed by atoms with van der Waals surface area (Å²) in [6.07, 6.45) is 0.788. The second-order valence-electron chi connectivity index (χ2n) is 7.38. The molecule has 11 heteroatoms. The van der Waals surface area contributed by atoms with Gasteiger partial charge in [0.25, 0.3) is 5.91 Å². The zero-order chi connectivity index (χ0) is 24.1. The molecule has 3 aromatic carbocycles. The highest BCUT2D eigenvalue weighted by Crippen LogP contribution is 2.34. The molecule has 0 saturated carbocycles. The van der Waals surface area contributed by atoms with E-state index >= 15 is 0 Å². The Kier molecular flexibility index (Phi) is 6.13. The van der Waals surface area contributed by atoms with Gasteiger partial charge in [-0.15, -0.1) is 0 Å². The lowest BCUT2D eigenvalue weighted by molar-refractivity contribution is 0.0978. The molecule has 0 radical (unpaired) electrons. The third kappa shape index (κ3) is 4.70. The molecule has 0 bridgehead atoms. The van der Waals surface area contributed by atoms with Gasteiger partial charge in [-0.05, 0) is 53.9 Å². The molecular formula is C22H15Cl3FN3O3S. The van der Waals surface area contributed by atoms with Crippen LogP contribution in [0.4, 0.5) is 4.39 Å². The van der Waals surface area contributed by atoms with Crippen LogP contribution in [0.25, 0.3) is 27.7 Å². The van der Waals surface area contributed by atoms with Gasteiger partial charge in [0.2, 0.25) is 10.0 Å². The molecule has 0 aliphatic rings. The van der Waals surface area contributed by atoms with Crippen molar-refractivity contribution >= 4 is 61.6 Å². The molecule has 1 amide bonds. The number of nitrogens with one attached hydrogen (secondary N) is 1. The van der Waals surface area contributed by atoms with Crippen LogP contribution < -0.4 is 4.72 Å². The molecule has 170 valence electrons. The minimum atomic E-state index is -3.87. The molecule has 0 fully saturated rings. The number of rotatable bonds is 4. The highest BCUT2D eigenvalue weighted by molar-refractivity contribution is 7.89. The fourth-order valence-electron chi connectivity index (χ4n) is 3.48. The number of fused-ring (bicyclic) bond motifs is 1. The summed E-state index contributed by atoms with van der Waals surface area (Å²) in [4.78, 5) is 12.1. The topological polar surface area (TPSA) is 81.1 Å². The Balaban J connectivity index is 1.81. The van der Waals surface area contributed by atoms with Crippen LogP contribution in [0, 0.1) is 12.7 Å². The molecule has 1 N–H and O–H groups in total. The first-order valence-corrected chi connectivity index (χ1v) is 12.4. The van der Waals surface area contributed by atoms with E-state index < -0.39 is 27.3 Å². The Morgan fingerprint density at radius 1 is 1.06 bits per heavy atom. The summed E-state index contributed by atoms with van der Waals surface area (Å²) < 4.78 is 40.4. The molecule has 0 aliphatic carbocycles. The summed E-state index contributed by atoms with van der Waals surface area (Å²) in [6, 6.07) is 13.1. The molecule has 6 nitrogen and oxygen atoms in total. The minimum Gasteiger partial charge on any atom is -0.268 e. The third-order valence-electron chi connectivity index (χ3n) is 4.92. The number of amides is 1. The molecule has 33 heavy (non-hydrogen) atoms. The highest BCUT2D eigenvalue weighted by Gasteiger charge is 2.21. The molecule has 4 aromatic rings. The van der Waals surface area contributed by atoms with Crippen molar-refractivity contribution in [2.45, 2.75) is 6.92 Å². The number of halogens is 4. The van der Waals surface area contributed by atoms with Crippen molar-refractivity contribution in [1.82, 2.24) is 14.5 Å². The van der Waals surface area contributed by atoms with E-state index in [-0.39, 0.29) is 15.9 Å². The smallest absolute Gasteiger partial charge is 0.267 e. The van der Waals surface area contributed by atoms with Crippen molar-refractivity contribution in [2.24, 2.45) is 0 Å². The molecule has 0 saturated heterocycles. The van der Waals surface area contributed by atoms with Crippen molar-refractivity contribution in [3.63, 3.8) is 0 Å². The highest BCUT2D eigenvalue weighted by atomic mass is 35.5. The summed E-state index contributed by atoms with van der Waals surface area (Å²) in [5, 5.41) is 5.68. The first-order chi connectivity index (χ1) is 15.4. The van der Waals surface area contributed by atoms with Gasteiger partial charge in [-0.1, -0.05) is 46.9 Å². The van der Waals surface area contributed by atoms with Crippen molar-refractivity contribution in [3.05, 3.63) is 80.7 Å². The Hall–Kier alpha value is -2.65. The van der Waals surface area contributed by atoms with E-state index in [2.05, 4.69) is 5.10 Å². The Labute approximate surface area is 203 Å². The normalized spacial score (nSPS) is 11.7. The second kappa shape index (κ2) is 8.61. The van der Waals surface area contributed by atoms with E-state index in [1.807, 2.05) is 31.2 Å². The minimum absolute atomic E-state index is 0.0197. The number of sulfonamides is 1. The SMILES string of the molecule is Cc1cc(Cl)ccc1-c1ccc2c(c1)c(Cl)nn2-c1cc(F)c(C(=O)NS(C)(=O)=O)cc1Cl. The van der Waals surface area contributed by atoms with Gasteiger partial charge in [-0.2, -0.15) is 5.10 Å². The maximum Gasteiger partial charge on any atom is 0.267 e. The largest absolute Gasteiger partial charge is 0.268 e. The van der Waals surface area contributed by atoms with Crippen LogP contribution in [0.5, 0.6) is 0 Å². The number of aromatic nitrogens is 2. The van der Waals surface area contributed by atoms with Gasteiger partial charge in [-0.3, -0.25) is 4.79 Å². The average Bonchev–Trinajstić information content (AvgIpc) is 3.04. The lowest BCUT2D eigenvalue weighted by atomic mass is 9.99. The zero-order valence-corrected chi connectivity index (χ0v) is 20.2. The quantitative estimate of drug-likeness (QED) is 0.365. The van der Waals surface area contributed by atoms with E-state index in [1.54, 1.807) is 16.9 Å². The molecule has 4 rings (SSSR count). The maximum absolute atomic E-state index is 14.7. The van der Waals surface area contributed by atoms with Crippen molar-refractivity contribution in [2.75, 3.05) is 6.26 Å². The van der Waals surface area contributed by atoms with Crippen molar-refractivity contribution in [3.8, 4) is 16.8 Å². The van der Waals surface area contributed by atoms with Crippen LogP contribution in [0.2, 0.25) is 15.2 Å². The van der Waals surface area contributed by atoms with Crippen LogP contribution in [0.3, 0.4) is 0 Å². The molecule has 0 atom stereocenters. The fraction of sp³-hybridized carbons (Fsp3) is 0.0909. The average molecular weight is 527 g/mol. The van der Waals surface area contributed by atoms with Crippen LogP contribution in [0.15, 0.2) is 48.5 Å². The van der Waals surface area contributed by atoms with Crippen LogP contribution in [0.1, 0.15) is 15.9 Å². The Bertz CT molecular complexity index is 1550. The van der Waals surface area contributed by atoms with Gasteiger partial charge in [0.1, 0.15) is 5.82 Å². The molecule has 0 spiro atoms. The zero-order valence-electron chi connectivity index (χ0n) is 17.2. The van der Waals surface area contributed by atoms with Gasteiger partial charge < -0.3 is 0 Å². The predicted octanol–water partition coefficient (Wildman–Crippen LogP) is 5.79. The van der Waals surface area contributed by atoms with Crippen molar-refractivity contribution in [1.29, 1.82) is 0 Å². The second-order valence-corrected chi connectivity index (χ2v) is 10.3. The maximum atomic E-state index is 14.7. The third-order valence-corrected chi connectivity index (χ3v) is 6.29. The fourth-order valence-corrected chi connectivity index (χ4v) is 4.62. The number of benzene rings is 3. The van der Waals surface area contributed by atoms with Gasteiger partial charge in [0, 0.05) is 16.5 Å². The molecule has 0 unspecified atom stereocenters. The number of carbonyl (C=O) groups excluding carboxylic acids is 1. The summed E-state index contributed by atoms with van der Waals surface area (Å²) in [5.41, 5.74) is 3.02. The van der Waals surface area contributed by atoms with E-state index in [9.17, 15) is 17.6 Å². The van der Waals surface area contributed by atoms with Gasteiger partial charge in [0.05, 0.1) is 28.0 Å². The summed E-state index contributed by atoms with van der Waals surface area (Å²) in [6.45, 7) is 1.94. The molecule has 0 aliphatic heterocycles. The number of aryl methyl sites for hydroxylation is 1. The standard InChI is InChI=1S/C22H15Cl3FN3O3S/c1-11-7-13(23)4-5-14(11)12-3-6-19-16(8-12)21(25)27-29(19)20-10-18(26)15(9-17(20)24)22(30)28-33(2,31)32/h3-10H,1-2H3,(H,28,30). The molecule has 1 aromatic heterocycles. The van der Waals surface area contributed by atoms with E-state index in [4.69, 9.17) is 34.8 Å². The Morgan fingerprint density at radius 2 is 1.79 bits per heavy atom. The van der Waals surface area contributed by atoms with Crippen molar-refractivity contribution < 1.29 is 17.6 Å². The van der Waals surface area contributed by atoms with E-state index in [0.717, 1.165) is 35.1 Å². The van der Waals surface area contributed by atoms with Gasteiger partial charge >= 0.3 is 0 Å². The van der Waals surface area contributed by atoms with E-state index in [1.165, 1.54) is 4.68 Å².